The Bertz CT molecular complexity index is 854. The predicted molar refractivity (Wildman–Crippen MR) is 84.9 cm³/mol. The van der Waals surface area contributed by atoms with Crippen molar-refractivity contribution in [2.45, 2.75) is 25.4 Å². The maximum atomic E-state index is 10.3. The van der Waals surface area contributed by atoms with E-state index in [9.17, 15) is 5.11 Å². The minimum absolute atomic E-state index is 0.702. The minimum Gasteiger partial charge on any atom is -0.385 e. The van der Waals surface area contributed by atoms with Crippen LogP contribution >= 0.6 is 15.9 Å². The molecule has 0 spiro atoms. The average molecular weight is 344 g/mol. The molecule has 1 unspecified atom stereocenters. The highest BCUT2D eigenvalue weighted by atomic mass is 79.9. The molecule has 1 aliphatic carbocycles. The normalized spacial score (nSPS) is 20.9. The molecule has 1 aliphatic rings. The van der Waals surface area contributed by atoms with Crippen molar-refractivity contribution in [2.24, 2.45) is 0 Å². The van der Waals surface area contributed by atoms with E-state index in [1.165, 1.54) is 5.56 Å². The Balaban J connectivity index is 1.88. The maximum Gasteiger partial charge on any atom is 0.155 e. The summed E-state index contributed by atoms with van der Waals surface area (Å²) in [6.45, 7) is 1.88. The van der Waals surface area contributed by atoms with Crippen LogP contribution in [0.3, 0.4) is 0 Å². The number of hydrogen-bond acceptors (Lipinski definition) is 3. The van der Waals surface area contributed by atoms with Gasteiger partial charge in [0.2, 0.25) is 0 Å². The number of aryl methyl sites for hydroxylation is 1. The molecule has 0 aliphatic heterocycles. The summed E-state index contributed by atoms with van der Waals surface area (Å²) in [5.74, 6) is 0. The summed E-state index contributed by atoms with van der Waals surface area (Å²) in [6.07, 6.45) is 3.44. The van der Waals surface area contributed by atoms with E-state index in [1.807, 2.05) is 25.1 Å². The van der Waals surface area contributed by atoms with Gasteiger partial charge in [-0.15, -0.1) is 0 Å². The number of fused-ring (bicyclic) bond motifs is 2. The zero-order valence-corrected chi connectivity index (χ0v) is 13.1. The van der Waals surface area contributed by atoms with Crippen LogP contribution < -0.4 is 0 Å². The molecule has 2 aromatic heterocycles. The Kier molecular flexibility index (Phi) is 2.71. The summed E-state index contributed by atoms with van der Waals surface area (Å²) < 4.78 is 0.932. The fourth-order valence-electron chi connectivity index (χ4n) is 3.08. The van der Waals surface area contributed by atoms with E-state index < -0.39 is 5.60 Å². The molecule has 0 radical (unpaired) electrons. The number of aromatic amines is 1. The fraction of sp³-hybridized carbons (Fsp3) is 0.250. The van der Waals surface area contributed by atoms with Crippen LogP contribution in [0.1, 0.15) is 24.5 Å². The molecule has 0 amide bonds. The number of pyridine rings is 1. The van der Waals surface area contributed by atoms with E-state index in [2.05, 4.69) is 37.2 Å². The lowest BCUT2D eigenvalue weighted by Gasteiger charge is -2.17. The minimum atomic E-state index is -0.702. The molecular weight excluding hydrogens is 330 g/mol. The van der Waals surface area contributed by atoms with Gasteiger partial charge in [0.1, 0.15) is 5.69 Å². The van der Waals surface area contributed by atoms with E-state index in [0.29, 0.717) is 0 Å². The van der Waals surface area contributed by atoms with Crippen molar-refractivity contribution in [2.75, 3.05) is 0 Å². The van der Waals surface area contributed by atoms with Gasteiger partial charge in [-0.05, 0) is 59.0 Å². The van der Waals surface area contributed by atoms with E-state index in [-0.39, 0.29) is 0 Å². The summed E-state index contributed by atoms with van der Waals surface area (Å²) >= 11 is 3.45. The summed E-state index contributed by atoms with van der Waals surface area (Å²) in [5.41, 5.74) is 4.26. The predicted octanol–water partition coefficient (Wildman–Crippen LogP) is 3.54. The van der Waals surface area contributed by atoms with Crippen LogP contribution in [0.25, 0.3) is 22.3 Å². The third-order valence-electron chi connectivity index (χ3n) is 4.22. The lowest BCUT2D eigenvalue weighted by atomic mass is 9.96. The van der Waals surface area contributed by atoms with Gasteiger partial charge >= 0.3 is 0 Å². The first kappa shape index (κ1) is 13.0. The van der Waals surface area contributed by atoms with Gasteiger partial charge < -0.3 is 5.11 Å². The molecule has 0 saturated carbocycles. The number of aromatic nitrogens is 3. The summed E-state index contributed by atoms with van der Waals surface area (Å²) in [7, 11) is 0. The molecule has 2 N–H and O–H groups in total. The molecule has 1 aromatic carbocycles. The Morgan fingerprint density at radius 1 is 1.33 bits per heavy atom. The van der Waals surface area contributed by atoms with Gasteiger partial charge in [-0.1, -0.05) is 12.1 Å². The molecule has 1 atom stereocenters. The fourth-order valence-corrected chi connectivity index (χ4v) is 3.42. The summed E-state index contributed by atoms with van der Waals surface area (Å²) in [4.78, 5) is 4.32. The highest BCUT2D eigenvalue weighted by Crippen LogP contribution is 2.39. The van der Waals surface area contributed by atoms with Crippen molar-refractivity contribution < 1.29 is 5.11 Å². The SMILES string of the molecule is CC1(O)CCc2cc(-c3n[nH]c4ncc(Br)cc34)ccc21. The van der Waals surface area contributed by atoms with E-state index in [0.717, 1.165) is 45.2 Å². The third-order valence-corrected chi connectivity index (χ3v) is 4.66. The highest BCUT2D eigenvalue weighted by Gasteiger charge is 2.32. The van der Waals surface area contributed by atoms with E-state index in [1.54, 1.807) is 6.20 Å². The lowest BCUT2D eigenvalue weighted by Crippen LogP contribution is -2.16. The first-order chi connectivity index (χ1) is 10.0. The lowest BCUT2D eigenvalue weighted by molar-refractivity contribution is 0.0595. The first-order valence-electron chi connectivity index (χ1n) is 6.90. The van der Waals surface area contributed by atoms with Gasteiger partial charge in [0.15, 0.2) is 5.65 Å². The molecule has 2 heterocycles. The zero-order valence-electron chi connectivity index (χ0n) is 11.5. The van der Waals surface area contributed by atoms with E-state index >= 15 is 0 Å². The number of hydrogen-bond donors (Lipinski definition) is 2. The molecule has 106 valence electrons. The van der Waals surface area contributed by atoms with Gasteiger partial charge in [0, 0.05) is 21.6 Å². The molecule has 4 nitrogen and oxygen atoms in total. The quantitative estimate of drug-likeness (QED) is 0.710. The molecule has 0 saturated heterocycles. The number of aliphatic hydroxyl groups is 1. The molecular formula is C16H14BrN3O. The number of nitrogens with one attached hydrogen (secondary N) is 1. The van der Waals surface area contributed by atoms with Gasteiger partial charge in [0.05, 0.1) is 5.60 Å². The number of rotatable bonds is 1. The second-order valence-corrected chi connectivity index (χ2v) is 6.68. The van der Waals surface area contributed by atoms with Crippen molar-refractivity contribution in [1.29, 1.82) is 0 Å². The van der Waals surface area contributed by atoms with Gasteiger partial charge in [0.25, 0.3) is 0 Å². The Morgan fingerprint density at radius 3 is 3.05 bits per heavy atom. The first-order valence-corrected chi connectivity index (χ1v) is 7.70. The number of benzene rings is 1. The second-order valence-electron chi connectivity index (χ2n) is 5.77. The Labute approximate surface area is 130 Å². The van der Waals surface area contributed by atoms with Gasteiger partial charge in [-0.3, -0.25) is 5.10 Å². The molecule has 5 heteroatoms. The molecule has 0 fully saturated rings. The van der Waals surface area contributed by atoms with Crippen LogP contribution in [-0.2, 0) is 12.0 Å². The topological polar surface area (TPSA) is 61.8 Å². The van der Waals surface area contributed by atoms with Gasteiger partial charge in [-0.2, -0.15) is 5.10 Å². The van der Waals surface area contributed by atoms with Crippen LogP contribution in [0.2, 0.25) is 0 Å². The molecule has 4 rings (SSSR count). The standard InChI is InChI=1S/C16H14BrN3O/c1-16(21)5-4-9-6-10(2-3-13(9)16)14-12-7-11(17)8-18-15(12)20-19-14/h2-3,6-8,21H,4-5H2,1H3,(H,18,19,20). The van der Waals surface area contributed by atoms with Crippen molar-refractivity contribution in [3.8, 4) is 11.3 Å². The van der Waals surface area contributed by atoms with Crippen LogP contribution in [0.15, 0.2) is 34.9 Å². The number of H-pyrrole nitrogens is 1. The Morgan fingerprint density at radius 2 is 2.19 bits per heavy atom. The van der Waals surface area contributed by atoms with Gasteiger partial charge in [-0.25, -0.2) is 4.98 Å². The van der Waals surface area contributed by atoms with Crippen molar-refractivity contribution in [3.05, 3.63) is 46.1 Å². The smallest absolute Gasteiger partial charge is 0.155 e. The maximum absolute atomic E-state index is 10.3. The second kappa shape index (κ2) is 4.39. The number of halogens is 1. The molecule has 0 bridgehead atoms. The third kappa shape index (κ3) is 2.00. The van der Waals surface area contributed by atoms with Crippen molar-refractivity contribution >= 4 is 27.0 Å². The highest BCUT2D eigenvalue weighted by molar-refractivity contribution is 9.10. The van der Waals surface area contributed by atoms with Crippen molar-refractivity contribution in [3.63, 3.8) is 0 Å². The molecule has 21 heavy (non-hydrogen) atoms. The average Bonchev–Trinajstić information content (AvgIpc) is 3.00. The van der Waals surface area contributed by atoms with E-state index in [4.69, 9.17) is 0 Å². The Hall–Kier alpha value is -1.72. The van der Waals surface area contributed by atoms with Crippen LogP contribution in [-0.4, -0.2) is 20.3 Å². The number of nitrogens with zero attached hydrogens (tertiary/aromatic N) is 2. The summed E-state index contributed by atoms with van der Waals surface area (Å²) in [6, 6.07) is 8.19. The largest absolute Gasteiger partial charge is 0.385 e. The summed E-state index contributed by atoms with van der Waals surface area (Å²) in [5, 5.41) is 18.7. The van der Waals surface area contributed by atoms with Crippen molar-refractivity contribution in [1.82, 2.24) is 15.2 Å². The van der Waals surface area contributed by atoms with Crippen LogP contribution in [0.4, 0.5) is 0 Å². The van der Waals surface area contributed by atoms with Crippen LogP contribution in [0, 0.1) is 0 Å². The monoisotopic (exact) mass is 343 g/mol. The van der Waals surface area contributed by atoms with Crippen LogP contribution in [0.5, 0.6) is 0 Å². The molecule has 3 aromatic rings. The zero-order chi connectivity index (χ0) is 14.6.